The first-order valence-electron chi connectivity index (χ1n) is 3.91. The predicted octanol–water partition coefficient (Wildman–Crippen LogP) is 2.57. The number of halogens is 1. The molecule has 1 rings (SSSR count). The number of hydrogen-bond donors (Lipinski definition) is 1. The summed E-state index contributed by atoms with van der Waals surface area (Å²) in [5, 5.41) is 18.3. The van der Waals surface area contributed by atoms with Gasteiger partial charge in [-0.3, -0.25) is 0 Å². The number of benzene rings is 1. The molecule has 0 aliphatic carbocycles. The molecular formula is C10H10BrNO. The molecule has 1 unspecified atom stereocenters. The minimum Gasteiger partial charge on any atom is -0.384 e. The molecule has 0 radical (unpaired) electrons. The van der Waals surface area contributed by atoms with Crippen molar-refractivity contribution in [1.82, 2.24) is 0 Å². The first kappa shape index (κ1) is 10.2. The van der Waals surface area contributed by atoms with Crippen LogP contribution in [0, 0.1) is 11.3 Å². The van der Waals surface area contributed by atoms with Crippen LogP contribution >= 0.6 is 15.9 Å². The normalized spacial score (nSPS) is 14.6. The first-order valence-corrected chi connectivity index (χ1v) is 4.71. The van der Waals surface area contributed by atoms with Gasteiger partial charge in [0.05, 0.1) is 18.1 Å². The number of rotatable bonds is 2. The fourth-order valence-corrected chi connectivity index (χ4v) is 1.33. The van der Waals surface area contributed by atoms with Crippen LogP contribution in [0.1, 0.15) is 18.9 Å². The molecule has 13 heavy (non-hydrogen) atoms. The molecule has 0 amide bonds. The quantitative estimate of drug-likeness (QED) is 0.863. The molecule has 0 aromatic heterocycles. The van der Waals surface area contributed by atoms with Crippen LogP contribution in [0.25, 0.3) is 0 Å². The summed E-state index contributed by atoms with van der Waals surface area (Å²) < 4.78 is 0.962. The predicted molar refractivity (Wildman–Crippen MR) is 53.9 cm³/mol. The Morgan fingerprint density at radius 1 is 1.46 bits per heavy atom. The first-order chi connectivity index (χ1) is 6.06. The number of aliphatic hydroxyl groups is 1. The van der Waals surface area contributed by atoms with Crippen molar-refractivity contribution >= 4 is 15.9 Å². The lowest BCUT2D eigenvalue weighted by Gasteiger charge is -2.20. The maximum atomic E-state index is 9.84. The molecule has 0 spiro atoms. The van der Waals surface area contributed by atoms with Crippen LogP contribution in [0.3, 0.4) is 0 Å². The van der Waals surface area contributed by atoms with Crippen molar-refractivity contribution in [3.8, 4) is 6.07 Å². The van der Waals surface area contributed by atoms with E-state index < -0.39 is 5.60 Å². The Morgan fingerprint density at radius 3 is 2.46 bits per heavy atom. The zero-order chi connectivity index (χ0) is 9.90. The summed E-state index contributed by atoms with van der Waals surface area (Å²) in [6, 6.07) is 9.27. The SMILES string of the molecule is CC(O)(CC#N)c1ccc(Br)cc1. The molecule has 2 nitrogen and oxygen atoms in total. The number of nitriles is 1. The summed E-state index contributed by atoms with van der Waals surface area (Å²) >= 11 is 3.30. The second-order valence-corrected chi connectivity index (χ2v) is 4.03. The lowest BCUT2D eigenvalue weighted by atomic mass is 9.93. The highest BCUT2D eigenvalue weighted by Gasteiger charge is 2.22. The molecule has 0 heterocycles. The van der Waals surface area contributed by atoms with E-state index in [0.29, 0.717) is 0 Å². The molecule has 1 N–H and O–H groups in total. The van der Waals surface area contributed by atoms with E-state index in [4.69, 9.17) is 5.26 Å². The van der Waals surface area contributed by atoms with Crippen molar-refractivity contribution in [3.63, 3.8) is 0 Å². The topological polar surface area (TPSA) is 44.0 Å². The molecule has 3 heteroatoms. The Kier molecular flexibility index (Phi) is 3.07. The largest absolute Gasteiger partial charge is 0.384 e. The Morgan fingerprint density at radius 2 is 2.00 bits per heavy atom. The van der Waals surface area contributed by atoms with E-state index in [-0.39, 0.29) is 6.42 Å². The summed E-state index contributed by atoms with van der Waals surface area (Å²) in [4.78, 5) is 0. The van der Waals surface area contributed by atoms with Crippen molar-refractivity contribution in [3.05, 3.63) is 34.3 Å². The highest BCUT2D eigenvalue weighted by atomic mass is 79.9. The van der Waals surface area contributed by atoms with Crippen LogP contribution in [-0.2, 0) is 5.60 Å². The minimum atomic E-state index is -1.05. The molecule has 0 aliphatic heterocycles. The van der Waals surface area contributed by atoms with Gasteiger partial charge in [-0.2, -0.15) is 5.26 Å². The lowest BCUT2D eigenvalue weighted by Crippen LogP contribution is -2.19. The van der Waals surface area contributed by atoms with Crippen LogP contribution < -0.4 is 0 Å². The average Bonchev–Trinajstić information content (AvgIpc) is 2.05. The van der Waals surface area contributed by atoms with Crippen molar-refractivity contribution in [2.24, 2.45) is 0 Å². The van der Waals surface area contributed by atoms with Crippen LogP contribution in [0.5, 0.6) is 0 Å². The van der Waals surface area contributed by atoms with Crippen LogP contribution in [0.2, 0.25) is 0 Å². The van der Waals surface area contributed by atoms with Crippen LogP contribution in [0.15, 0.2) is 28.7 Å². The standard InChI is InChI=1S/C10H10BrNO/c1-10(13,6-7-12)8-2-4-9(11)5-3-8/h2-5,13H,6H2,1H3. The maximum absolute atomic E-state index is 9.84. The van der Waals surface area contributed by atoms with Gasteiger partial charge in [-0.25, -0.2) is 0 Å². The Balaban J connectivity index is 2.95. The Labute approximate surface area is 85.9 Å². The molecule has 0 aliphatic rings. The van der Waals surface area contributed by atoms with Crippen LogP contribution in [-0.4, -0.2) is 5.11 Å². The number of nitrogens with zero attached hydrogens (tertiary/aromatic N) is 1. The zero-order valence-corrected chi connectivity index (χ0v) is 8.87. The van der Waals surface area contributed by atoms with Gasteiger partial charge in [-0.05, 0) is 24.6 Å². The molecule has 1 aromatic carbocycles. The number of hydrogen-bond acceptors (Lipinski definition) is 2. The summed E-state index contributed by atoms with van der Waals surface area (Å²) in [6.07, 6.45) is 0.106. The third kappa shape index (κ3) is 2.55. The molecular weight excluding hydrogens is 230 g/mol. The lowest BCUT2D eigenvalue weighted by molar-refractivity contribution is 0.0624. The van der Waals surface area contributed by atoms with Gasteiger partial charge in [-0.15, -0.1) is 0 Å². The summed E-state index contributed by atoms with van der Waals surface area (Å²) in [6.45, 7) is 1.64. The third-order valence-corrected chi connectivity index (χ3v) is 2.42. The van der Waals surface area contributed by atoms with Gasteiger partial charge in [0.2, 0.25) is 0 Å². The molecule has 0 bridgehead atoms. The molecule has 68 valence electrons. The highest BCUT2D eigenvalue weighted by molar-refractivity contribution is 9.10. The van der Waals surface area contributed by atoms with E-state index in [1.165, 1.54) is 0 Å². The summed E-state index contributed by atoms with van der Waals surface area (Å²) in [5.41, 5.74) is -0.285. The molecule has 0 saturated carbocycles. The fraction of sp³-hybridized carbons (Fsp3) is 0.300. The van der Waals surface area contributed by atoms with Gasteiger partial charge >= 0.3 is 0 Å². The van der Waals surface area contributed by atoms with E-state index in [1.807, 2.05) is 18.2 Å². The second kappa shape index (κ2) is 3.91. The monoisotopic (exact) mass is 239 g/mol. The highest BCUT2D eigenvalue weighted by Crippen LogP contribution is 2.25. The summed E-state index contributed by atoms with van der Waals surface area (Å²) in [5.74, 6) is 0. The van der Waals surface area contributed by atoms with E-state index in [9.17, 15) is 5.11 Å². The van der Waals surface area contributed by atoms with E-state index in [1.54, 1.807) is 19.1 Å². The van der Waals surface area contributed by atoms with Crippen molar-refractivity contribution in [2.45, 2.75) is 18.9 Å². The third-order valence-electron chi connectivity index (χ3n) is 1.89. The molecule has 0 saturated heterocycles. The summed E-state index contributed by atoms with van der Waals surface area (Å²) in [7, 11) is 0. The molecule has 1 atom stereocenters. The van der Waals surface area contributed by atoms with Gasteiger partial charge < -0.3 is 5.11 Å². The smallest absolute Gasteiger partial charge is 0.0997 e. The van der Waals surface area contributed by atoms with Gasteiger partial charge in [0.25, 0.3) is 0 Å². The minimum absolute atomic E-state index is 0.106. The molecule has 0 fully saturated rings. The average molecular weight is 240 g/mol. The van der Waals surface area contributed by atoms with Gasteiger partial charge in [0, 0.05) is 4.47 Å². The Hall–Kier alpha value is -0.850. The van der Waals surface area contributed by atoms with Gasteiger partial charge in [0.1, 0.15) is 0 Å². The van der Waals surface area contributed by atoms with E-state index >= 15 is 0 Å². The maximum Gasteiger partial charge on any atom is 0.0997 e. The van der Waals surface area contributed by atoms with E-state index in [0.717, 1.165) is 10.0 Å². The van der Waals surface area contributed by atoms with Crippen molar-refractivity contribution < 1.29 is 5.11 Å². The van der Waals surface area contributed by atoms with Gasteiger partial charge in [0.15, 0.2) is 0 Å². The second-order valence-electron chi connectivity index (χ2n) is 3.12. The molecule has 1 aromatic rings. The Bertz CT molecular complexity index is 324. The fourth-order valence-electron chi connectivity index (χ4n) is 1.06. The van der Waals surface area contributed by atoms with Crippen molar-refractivity contribution in [2.75, 3.05) is 0 Å². The zero-order valence-electron chi connectivity index (χ0n) is 7.29. The van der Waals surface area contributed by atoms with Gasteiger partial charge in [-0.1, -0.05) is 28.1 Å². The van der Waals surface area contributed by atoms with Crippen molar-refractivity contribution in [1.29, 1.82) is 5.26 Å². The van der Waals surface area contributed by atoms with E-state index in [2.05, 4.69) is 15.9 Å². The van der Waals surface area contributed by atoms with Crippen LogP contribution in [0.4, 0.5) is 0 Å².